The van der Waals surface area contributed by atoms with Gasteiger partial charge in [0.05, 0.1) is 12.1 Å². The van der Waals surface area contributed by atoms with Crippen molar-refractivity contribution in [1.29, 1.82) is 0 Å². The summed E-state index contributed by atoms with van der Waals surface area (Å²) in [4.78, 5) is 6.72. The van der Waals surface area contributed by atoms with Crippen LogP contribution in [-0.2, 0) is 6.42 Å². The van der Waals surface area contributed by atoms with E-state index in [1.807, 2.05) is 13.8 Å². The summed E-state index contributed by atoms with van der Waals surface area (Å²) in [5.74, 6) is 1.81. The maximum Gasteiger partial charge on any atom is 0.243 e. The first-order chi connectivity index (χ1) is 8.61. The van der Waals surface area contributed by atoms with Crippen LogP contribution in [0, 0.1) is 5.92 Å². The number of hydrogen-bond donors (Lipinski definition) is 1. The first-order valence-corrected chi connectivity index (χ1v) is 6.86. The molecule has 0 amide bonds. The number of aromatic nitrogens is 2. The van der Waals surface area contributed by atoms with Crippen LogP contribution in [0.5, 0.6) is 0 Å². The number of aliphatic hydroxyl groups is 1. The van der Waals surface area contributed by atoms with E-state index in [4.69, 9.17) is 4.52 Å². The summed E-state index contributed by atoms with van der Waals surface area (Å²) >= 11 is 0. The third-order valence-corrected chi connectivity index (χ3v) is 3.88. The topological polar surface area (TPSA) is 62.4 Å². The molecule has 18 heavy (non-hydrogen) atoms. The molecule has 102 valence electrons. The maximum atomic E-state index is 9.71. The highest BCUT2D eigenvalue weighted by atomic mass is 16.5. The lowest BCUT2D eigenvalue weighted by atomic mass is 9.92. The SMILES string of the molecule is CCc1noc(C(C)N2CCCC(C(C)O)C2)n1. The van der Waals surface area contributed by atoms with Crippen molar-refractivity contribution >= 4 is 0 Å². The molecule has 1 N–H and O–H groups in total. The van der Waals surface area contributed by atoms with E-state index in [0.29, 0.717) is 11.8 Å². The molecule has 3 atom stereocenters. The van der Waals surface area contributed by atoms with Crippen molar-refractivity contribution < 1.29 is 9.63 Å². The molecule has 0 spiro atoms. The smallest absolute Gasteiger partial charge is 0.243 e. The van der Waals surface area contributed by atoms with Crippen molar-refractivity contribution in [2.45, 2.75) is 52.2 Å². The van der Waals surface area contributed by atoms with Gasteiger partial charge in [-0.1, -0.05) is 12.1 Å². The Bertz CT molecular complexity index is 378. The molecule has 3 unspecified atom stereocenters. The maximum absolute atomic E-state index is 9.71. The zero-order valence-electron chi connectivity index (χ0n) is 11.5. The van der Waals surface area contributed by atoms with E-state index in [9.17, 15) is 5.11 Å². The van der Waals surface area contributed by atoms with E-state index in [0.717, 1.165) is 38.2 Å². The number of rotatable bonds is 4. The van der Waals surface area contributed by atoms with E-state index < -0.39 is 0 Å². The molecule has 1 aromatic rings. The highest BCUT2D eigenvalue weighted by Gasteiger charge is 2.29. The van der Waals surface area contributed by atoms with Crippen molar-refractivity contribution in [3.63, 3.8) is 0 Å². The summed E-state index contributed by atoms with van der Waals surface area (Å²) in [6.07, 6.45) is 2.78. The predicted octanol–water partition coefficient (Wildman–Crippen LogP) is 1.79. The van der Waals surface area contributed by atoms with Crippen molar-refractivity contribution in [2.24, 2.45) is 5.92 Å². The van der Waals surface area contributed by atoms with Gasteiger partial charge in [0.1, 0.15) is 0 Å². The Morgan fingerprint density at radius 3 is 2.89 bits per heavy atom. The van der Waals surface area contributed by atoms with Crippen LogP contribution in [0.1, 0.15) is 51.4 Å². The van der Waals surface area contributed by atoms with Crippen molar-refractivity contribution in [2.75, 3.05) is 13.1 Å². The van der Waals surface area contributed by atoms with Gasteiger partial charge in [0.2, 0.25) is 5.89 Å². The molecule has 5 heteroatoms. The second-order valence-corrected chi connectivity index (χ2v) is 5.22. The molecule has 2 rings (SSSR count). The third-order valence-electron chi connectivity index (χ3n) is 3.88. The zero-order chi connectivity index (χ0) is 13.1. The molecule has 1 fully saturated rings. The fourth-order valence-electron chi connectivity index (χ4n) is 2.52. The summed E-state index contributed by atoms with van der Waals surface area (Å²) in [5, 5.41) is 13.7. The van der Waals surface area contributed by atoms with Crippen LogP contribution in [0.3, 0.4) is 0 Å². The van der Waals surface area contributed by atoms with Gasteiger partial charge in [0.15, 0.2) is 5.82 Å². The number of nitrogens with zero attached hydrogens (tertiary/aromatic N) is 3. The summed E-state index contributed by atoms with van der Waals surface area (Å²) in [6.45, 7) is 7.93. The van der Waals surface area contributed by atoms with Crippen LogP contribution in [0.4, 0.5) is 0 Å². The second kappa shape index (κ2) is 5.80. The van der Waals surface area contributed by atoms with Gasteiger partial charge >= 0.3 is 0 Å². The highest BCUT2D eigenvalue weighted by molar-refractivity contribution is 4.93. The average molecular weight is 253 g/mol. The van der Waals surface area contributed by atoms with Crippen LogP contribution < -0.4 is 0 Å². The van der Waals surface area contributed by atoms with Crippen molar-refractivity contribution in [3.8, 4) is 0 Å². The van der Waals surface area contributed by atoms with E-state index >= 15 is 0 Å². The van der Waals surface area contributed by atoms with E-state index in [1.165, 1.54) is 0 Å². The Labute approximate surface area is 108 Å². The molecule has 1 saturated heterocycles. The van der Waals surface area contributed by atoms with E-state index in [-0.39, 0.29) is 12.1 Å². The number of aliphatic hydroxyl groups excluding tert-OH is 1. The average Bonchev–Trinajstić information content (AvgIpc) is 2.86. The summed E-state index contributed by atoms with van der Waals surface area (Å²) in [7, 11) is 0. The predicted molar refractivity (Wildman–Crippen MR) is 68.1 cm³/mol. The van der Waals surface area contributed by atoms with Crippen LogP contribution >= 0.6 is 0 Å². The van der Waals surface area contributed by atoms with Gasteiger partial charge in [-0.05, 0) is 39.2 Å². The molecule has 1 aromatic heterocycles. The fourth-order valence-corrected chi connectivity index (χ4v) is 2.52. The van der Waals surface area contributed by atoms with Gasteiger partial charge in [0.25, 0.3) is 0 Å². The number of likely N-dealkylation sites (tertiary alicyclic amines) is 1. The van der Waals surface area contributed by atoms with Gasteiger partial charge in [-0.3, -0.25) is 4.90 Å². The summed E-state index contributed by atoms with van der Waals surface area (Å²) in [5.41, 5.74) is 0. The molecule has 0 aliphatic carbocycles. The quantitative estimate of drug-likeness (QED) is 0.886. The lowest BCUT2D eigenvalue weighted by Gasteiger charge is -2.36. The second-order valence-electron chi connectivity index (χ2n) is 5.22. The Morgan fingerprint density at radius 1 is 1.50 bits per heavy atom. The third kappa shape index (κ3) is 2.90. The van der Waals surface area contributed by atoms with Crippen molar-refractivity contribution in [3.05, 3.63) is 11.7 Å². The summed E-state index contributed by atoms with van der Waals surface area (Å²) in [6, 6.07) is 0.138. The number of piperidine rings is 1. The minimum atomic E-state index is -0.242. The highest BCUT2D eigenvalue weighted by Crippen LogP contribution is 2.27. The van der Waals surface area contributed by atoms with Crippen molar-refractivity contribution in [1.82, 2.24) is 15.0 Å². The van der Waals surface area contributed by atoms with Crippen LogP contribution in [0.25, 0.3) is 0 Å². The monoisotopic (exact) mass is 253 g/mol. The van der Waals surface area contributed by atoms with Gasteiger partial charge in [-0.25, -0.2) is 0 Å². The van der Waals surface area contributed by atoms with Gasteiger partial charge in [-0.15, -0.1) is 0 Å². The lowest BCUT2D eigenvalue weighted by molar-refractivity contribution is 0.0403. The zero-order valence-corrected chi connectivity index (χ0v) is 11.5. The molecule has 0 saturated carbocycles. The molecule has 0 aromatic carbocycles. The number of hydrogen-bond acceptors (Lipinski definition) is 5. The molecule has 0 radical (unpaired) electrons. The standard InChI is InChI=1S/C13H23N3O2/c1-4-12-14-13(18-15-12)9(2)16-7-5-6-11(8-16)10(3)17/h9-11,17H,4-8H2,1-3H3. The van der Waals surface area contributed by atoms with Gasteiger partial charge < -0.3 is 9.63 Å². The number of aryl methyl sites for hydroxylation is 1. The Balaban J connectivity index is 2.01. The van der Waals surface area contributed by atoms with Crippen LogP contribution in [0.15, 0.2) is 4.52 Å². The minimum Gasteiger partial charge on any atom is -0.393 e. The first kappa shape index (κ1) is 13.5. The minimum absolute atomic E-state index is 0.138. The van der Waals surface area contributed by atoms with E-state index in [1.54, 1.807) is 0 Å². The molecular weight excluding hydrogens is 230 g/mol. The fraction of sp³-hybridized carbons (Fsp3) is 0.846. The van der Waals surface area contributed by atoms with Crippen LogP contribution in [-0.4, -0.2) is 39.3 Å². The van der Waals surface area contributed by atoms with E-state index in [2.05, 4.69) is 22.0 Å². The molecule has 0 bridgehead atoms. The molecule has 1 aliphatic heterocycles. The van der Waals surface area contributed by atoms with Crippen LogP contribution in [0.2, 0.25) is 0 Å². The Morgan fingerprint density at radius 2 is 2.28 bits per heavy atom. The molecule has 2 heterocycles. The lowest BCUT2D eigenvalue weighted by Crippen LogP contribution is -2.40. The molecular formula is C13H23N3O2. The summed E-state index contributed by atoms with van der Waals surface area (Å²) < 4.78 is 5.30. The Hall–Kier alpha value is -0.940. The van der Waals surface area contributed by atoms with Gasteiger partial charge in [-0.2, -0.15) is 4.98 Å². The first-order valence-electron chi connectivity index (χ1n) is 6.86. The molecule has 5 nitrogen and oxygen atoms in total. The Kier molecular flexibility index (Phi) is 4.35. The molecule has 1 aliphatic rings. The van der Waals surface area contributed by atoms with Gasteiger partial charge in [0, 0.05) is 13.0 Å². The largest absolute Gasteiger partial charge is 0.393 e. The normalized spacial score (nSPS) is 25.0.